The van der Waals surface area contributed by atoms with Crippen molar-refractivity contribution < 1.29 is 14.3 Å². The molecule has 1 aromatic rings. The smallest absolute Gasteiger partial charge is 0.242 e. The normalized spacial score (nSPS) is 10.2. The molecular formula is C13H23N5O3. The van der Waals surface area contributed by atoms with E-state index in [0.29, 0.717) is 50.1 Å². The van der Waals surface area contributed by atoms with Gasteiger partial charge in [0.05, 0.1) is 13.2 Å². The fraction of sp³-hybridized carbons (Fsp3) is 0.615. The van der Waals surface area contributed by atoms with Gasteiger partial charge in [0, 0.05) is 26.6 Å². The lowest BCUT2D eigenvalue weighted by atomic mass is 10.3. The molecule has 21 heavy (non-hydrogen) atoms. The molecule has 4 N–H and O–H groups in total. The van der Waals surface area contributed by atoms with Gasteiger partial charge in [0.2, 0.25) is 11.8 Å². The van der Waals surface area contributed by atoms with E-state index in [2.05, 4.69) is 20.6 Å². The molecule has 0 saturated carbocycles. The Kier molecular flexibility index (Phi) is 7.88. The van der Waals surface area contributed by atoms with E-state index < -0.39 is 0 Å². The second-order valence-electron chi connectivity index (χ2n) is 4.31. The van der Waals surface area contributed by atoms with Crippen LogP contribution in [0.5, 0.6) is 5.88 Å². The Balaban J connectivity index is 2.39. The zero-order valence-electron chi connectivity index (χ0n) is 12.5. The quantitative estimate of drug-likeness (QED) is 0.536. The van der Waals surface area contributed by atoms with Gasteiger partial charge >= 0.3 is 0 Å². The first-order valence-electron chi connectivity index (χ1n) is 6.91. The Morgan fingerprint density at radius 1 is 1.33 bits per heavy atom. The summed E-state index contributed by atoms with van der Waals surface area (Å²) in [5.41, 5.74) is 6.26. The molecule has 8 nitrogen and oxygen atoms in total. The Hall–Kier alpha value is -2.09. The highest BCUT2D eigenvalue weighted by Gasteiger charge is 2.09. The molecule has 1 heterocycles. The SMILES string of the molecule is CCCOc1ncnc(NCCC(=O)NCCOC)c1N. The maximum atomic E-state index is 11.5. The van der Waals surface area contributed by atoms with Crippen molar-refractivity contribution in [3.63, 3.8) is 0 Å². The molecule has 0 fully saturated rings. The van der Waals surface area contributed by atoms with E-state index in [1.54, 1.807) is 7.11 Å². The maximum absolute atomic E-state index is 11.5. The number of carbonyl (C=O) groups excluding carboxylic acids is 1. The van der Waals surface area contributed by atoms with Crippen molar-refractivity contribution in [1.82, 2.24) is 15.3 Å². The van der Waals surface area contributed by atoms with Gasteiger partial charge in [-0.3, -0.25) is 4.79 Å². The van der Waals surface area contributed by atoms with Gasteiger partial charge in [-0.2, -0.15) is 4.98 Å². The van der Waals surface area contributed by atoms with E-state index in [0.717, 1.165) is 6.42 Å². The Bertz CT molecular complexity index is 442. The van der Waals surface area contributed by atoms with Crippen LogP contribution in [0.15, 0.2) is 6.33 Å². The first kappa shape index (κ1) is 17.0. The van der Waals surface area contributed by atoms with Gasteiger partial charge in [-0.15, -0.1) is 0 Å². The summed E-state index contributed by atoms with van der Waals surface area (Å²) in [6.45, 7) is 3.96. The standard InChI is InChI=1S/C13H23N5O3/c1-3-7-21-13-11(14)12(17-9-18-13)16-5-4-10(19)15-6-8-20-2/h9H,3-8,14H2,1-2H3,(H,15,19)(H,16,17,18). The van der Waals surface area contributed by atoms with Crippen LogP contribution in [0.2, 0.25) is 0 Å². The number of methoxy groups -OCH3 is 1. The van der Waals surface area contributed by atoms with Crippen LogP contribution >= 0.6 is 0 Å². The number of carbonyl (C=O) groups is 1. The molecular weight excluding hydrogens is 274 g/mol. The maximum Gasteiger partial charge on any atom is 0.242 e. The van der Waals surface area contributed by atoms with E-state index in [1.807, 2.05) is 6.92 Å². The van der Waals surface area contributed by atoms with Gasteiger partial charge in [-0.1, -0.05) is 6.92 Å². The minimum absolute atomic E-state index is 0.0605. The zero-order valence-corrected chi connectivity index (χ0v) is 12.5. The summed E-state index contributed by atoms with van der Waals surface area (Å²) in [4.78, 5) is 19.5. The van der Waals surface area contributed by atoms with E-state index in [9.17, 15) is 4.79 Å². The minimum atomic E-state index is -0.0605. The molecule has 0 aliphatic heterocycles. The van der Waals surface area contributed by atoms with Crippen LogP contribution in [0.4, 0.5) is 11.5 Å². The predicted molar refractivity (Wildman–Crippen MR) is 80.2 cm³/mol. The highest BCUT2D eigenvalue weighted by Crippen LogP contribution is 2.24. The number of nitrogen functional groups attached to an aromatic ring is 1. The molecule has 0 bridgehead atoms. The van der Waals surface area contributed by atoms with Crippen LogP contribution in [0.1, 0.15) is 19.8 Å². The minimum Gasteiger partial charge on any atom is -0.476 e. The van der Waals surface area contributed by atoms with Gasteiger partial charge in [-0.05, 0) is 6.42 Å². The molecule has 1 amide bonds. The summed E-state index contributed by atoms with van der Waals surface area (Å²) < 4.78 is 10.3. The fourth-order valence-electron chi connectivity index (χ4n) is 1.51. The van der Waals surface area contributed by atoms with Crippen LogP contribution in [0.3, 0.4) is 0 Å². The molecule has 8 heteroatoms. The first-order valence-corrected chi connectivity index (χ1v) is 6.91. The number of ether oxygens (including phenoxy) is 2. The second-order valence-corrected chi connectivity index (χ2v) is 4.31. The molecule has 0 aliphatic carbocycles. The van der Waals surface area contributed by atoms with E-state index in [-0.39, 0.29) is 5.91 Å². The number of hydrogen-bond acceptors (Lipinski definition) is 7. The molecule has 0 aromatic carbocycles. The third-order valence-electron chi connectivity index (χ3n) is 2.56. The molecule has 118 valence electrons. The average Bonchev–Trinajstić information content (AvgIpc) is 2.48. The molecule has 0 spiro atoms. The number of aromatic nitrogens is 2. The highest BCUT2D eigenvalue weighted by molar-refractivity contribution is 5.76. The zero-order chi connectivity index (χ0) is 15.5. The van der Waals surface area contributed by atoms with E-state index >= 15 is 0 Å². The first-order chi connectivity index (χ1) is 10.2. The third kappa shape index (κ3) is 6.26. The number of anilines is 2. The van der Waals surface area contributed by atoms with Crippen molar-refractivity contribution in [2.24, 2.45) is 0 Å². The summed E-state index contributed by atoms with van der Waals surface area (Å²) >= 11 is 0. The van der Waals surface area contributed by atoms with E-state index in [4.69, 9.17) is 15.2 Å². The molecule has 0 unspecified atom stereocenters. The summed E-state index contributed by atoms with van der Waals surface area (Å²) in [6.07, 6.45) is 2.56. The molecule has 0 atom stereocenters. The lowest BCUT2D eigenvalue weighted by molar-refractivity contribution is -0.121. The summed E-state index contributed by atoms with van der Waals surface area (Å²) in [5, 5.41) is 5.73. The molecule has 1 aromatic heterocycles. The molecule has 0 radical (unpaired) electrons. The number of nitrogens with two attached hydrogens (primary N) is 1. The average molecular weight is 297 g/mol. The van der Waals surface area contributed by atoms with Crippen LogP contribution < -0.4 is 21.1 Å². The van der Waals surface area contributed by atoms with E-state index in [1.165, 1.54) is 6.33 Å². The number of rotatable bonds is 10. The van der Waals surface area contributed by atoms with Crippen molar-refractivity contribution in [2.45, 2.75) is 19.8 Å². The molecule has 1 rings (SSSR count). The number of hydrogen-bond donors (Lipinski definition) is 3. The van der Waals surface area contributed by atoms with Crippen LogP contribution in [0.25, 0.3) is 0 Å². The summed E-state index contributed by atoms with van der Waals surface area (Å²) in [6, 6.07) is 0. The van der Waals surface area contributed by atoms with Gasteiger partial charge in [0.25, 0.3) is 0 Å². The van der Waals surface area contributed by atoms with Crippen molar-refractivity contribution in [3.05, 3.63) is 6.33 Å². The largest absolute Gasteiger partial charge is 0.476 e. The summed E-state index contributed by atoms with van der Waals surface area (Å²) in [7, 11) is 1.59. The van der Waals surface area contributed by atoms with Crippen molar-refractivity contribution in [3.8, 4) is 5.88 Å². The van der Waals surface area contributed by atoms with Crippen LogP contribution in [0, 0.1) is 0 Å². The monoisotopic (exact) mass is 297 g/mol. The van der Waals surface area contributed by atoms with Crippen molar-refractivity contribution in [1.29, 1.82) is 0 Å². The van der Waals surface area contributed by atoms with Crippen LogP contribution in [-0.4, -0.2) is 49.3 Å². The van der Waals surface area contributed by atoms with Gasteiger partial charge in [0.1, 0.15) is 12.0 Å². The molecule has 0 saturated heterocycles. The predicted octanol–water partition coefficient (Wildman–Crippen LogP) is 0.412. The Labute approximate surface area is 124 Å². The lowest BCUT2D eigenvalue weighted by Gasteiger charge is -2.11. The lowest BCUT2D eigenvalue weighted by Crippen LogP contribution is -2.28. The van der Waals surface area contributed by atoms with Gasteiger partial charge in [0.15, 0.2) is 5.82 Å². The van der Waals surface area contributed by atoms with Crippen molar-refractivity contribution in [2.75, 3.05) is 44.5 Å². The Morgan fingerprint density at radius 2 is 2.14 bits per heavy atom. The van der Waals surface area contributed by atoms with Crippen LogP contribution in [-0.2, 0) is 9.53 Å². The van der Waals surface area contributed by atoms with Gasteiger partial charge in [-0.25, -0.2) is 4.98 Å². The summed E-state index contributed by atoms with van der Waals surface area (Å²) in [5.74, 6) is 0.773. The third-order valence-corrected chi connectivity index (χ3v) is 2.56. The number of amides is 1. The number of nitrogens with one attached hydrogen (secondary N) is 2. The topological polar surface area (TPSA) is 111 Å². The van der Waals surface area contributed by atoms with Crippen molar-refractivity contribution >= 4 is 17.4 Å². The highest BCUT2D eigenvalue weighted by atomic mass is 16.5. The molecule has 0 aliphatic rings. The number of nitrogens with zero attached hydrogens (tertiary/aromatic N) is 2. The Morgan fingerprint density at radius 3 is 2.86 bits per heavy atom. The van der Waals surface area contributed by atoms with Gasteiger partial charge < -0.3 is 25.8 Å². The second kappa shape index (κ2) is 9.76. The fourth-order valence-corrected chi connectivity index (χ4v) is 1.51.